The second kappa shape index (κ2) is 4.30. The van der Waals surface area contributed by atoms with Crippen molar-refractivity contribution < 1.29 is 27.5 Å². The number of carbonyl (C=O) groups is 2. The van der Waals surface area contributed by atoms with Gasteiger partial charge < -0.3 is 14.8 Å². The van der Waals surface area contributed by atoms with Crippen molar-refractivity contribution in [1.29, 1.82) is 0 Å². The molecule has 1 aromatic rings. The molecule has 2 heterocycles. The molecule has 2 N–H and O–H groups in total. The van der Waals surface area contributed by atoms with Crippen LogP contribution in [-0.2, 0) is 9.84 Å². The molecule has 0 saturated carbocycles. The second-order valence-electron chi connectivity index (χ2n) is 3.74. The van der Waals surface area contributed by atoms with E-state index in [0.717, 1.165) is 17.7 Å². The number of rotatable bonds is 3. The van der Waals surface area contributed by atoms with Gasteiger partial charge in [0, 0.05) is 11.5 Å². The van der Waals surface area contributed by atoms with Crippen molar-refractivity contribution in [3.05, 3.63) is 35.1 Å². The summed E-state index contributed by atoms with van der Waals surface area (Å²) in [7, 11) is -3.25. The highest BCUT2D eigenvalue weighted by Gasteiger charge is 2.24. The quantitative estimate of drug-likeness (QED) is 0.801. The predicted molar refractivity (Wildman–Crippen MR) is 59.8 cm³/mol. The van der Waals surface area contributed by atoms with Crippen LogP contribution in [0.4, 0.5) is 0 Å². The number of hydrogen-bond acceptors (Lipinski definition) is 5. The topological polar surface area (TPSA) is 114 Å². The summed E-state index contributed by atoms with van der Waals surface area (Å²) in [4.78, 5) is 22.2. The van der Waals surface area contributed by atoms with Crippen molar-refractivity contribution in [2.45, 2.75) is 6.04 Å². The van der Waals surface area contributed by atoms with Crippen LogP contribution in [-0.4, -0.2) is 37.2 Å². The third-order valence-electron chi connectivity index (χ3n) is 2.32. The van der Waals surface area contributed by atoms with E-state index in [-0.39, 0.29) is 17.1 Å². The van der Waals surface area contributed by atoms with Gasteiger partial charge >= 0.3 is 5.97 Å². The van der Waals surface area contributed by atoms with E-state index in [0.29, 0.717) is 0 Å². The van der Waals surface area contributed by atoms with Gasteiger partial charge in [-0.05, 0) is 6.08 Å². The Morgan fingerprint density at radius 3 is 2.67 bits per heavy atom. The van der Waals surface area contributed by atoms with Gasteiger partial charge in [-0.2, -0.15) is 0 Å². The highest BCUT2D eigenvalue weighted by Crippen LogP contribution is 2.11. The first kappa shape index (κ1) is 12.4. The number of carbonyl (C=O) groups excluding carboxylic acids is 1. The fourth-order valence-corrected chi connectivity index (χ4v) is 2.71. The molecule has 0 spiro atoms. The van der Waals surface area contributed by atoms with Crippen LogP contribution in [0.5, 0.6) is 0 Å². The number of carboxylic acid groups (broad SMARTS) is 1. The summed E-state index contributed by atoms with van der Waals surface area (Å²) < 4.78 is 27.0. The Balaban J connectivity index is 2.04. The molecule has 96 valence electrons. The van der Waals surface area contributed by atoms with E-state index in [4.69, 9.17) is 9.52 Å². The third-order valence-corrected chi connectivity index (χ3v) is 3.71. The normalized spacial score (nSPS) is 20.8. The molecule has 1 amide bonds. The molecule has 0 saturated heterocycles. The van der Waals surface area contributed by atoms with Crippen LogP contribution in [0.15, 0.2) is 28.2 Å². The Hall–Kier alpha value is -2.09. The Morgan fingerprint density at radius 2 is 2.17 bits per heavy atom. The first-order valence-electron chi connectivity index (χ1n) is 4.91. The van der Waals surface area contributed by atoms with Gasteiger partial charge in [-0.3, -0.25) is 4.79 Å². The van der Waals surface area contributed by atoms with Crippen LogP contribution in [0.2, 0.25) is 0 Å². The maximum atomic E-state index is 11.6. The van der Waals surface area contributed by atoms with Crippen molar-refractivity contribution in [3.8, 4) is 0 Å². The summed E-state index contributed by atoms with van der Waals surface area (Å²) >= 11 is 0. The summed E-state index contributed by atoms with van der Waals surface area (Å²) in [6, 6.07) is 0.450. The predicted octanol–water partition coefficient (Wildman–Crippen LogP) is 0.0183. The molecular weight excluding hydrogens is 262 g/mol. The lowest BCUT2D eigenvalue weighted by Gasteiger charge is -2.07. The molecule has 1 aliphatic rings. The molecular formula is C10H9NO6S. The summed E-state index contributed by atoms with van der Waals surface area (Å²) in [6.07, 6.45) is 2.30. The third kappa shape index (κ3) is 2.59. The minimum atomic E-state index is -3.25. The smallest absolute Gasteiger partial charge is 0.338 e. The van der Waals surface area contributed by atoms with E-state index in [9.17, 15) is 18.0 Å². The molecule has 2 rings (SSSR count). The fourth-order valence-electron chi connectivity index (χ4n) is 1.47. The van der Waals surface area contributed by atoms with Gasteiger partial charge in [-0.15, -0.1) is 0 Å². The summed E-state index contributed by atoms with van der Waals surface area (Å²) in [5.41, 5.74) is -0.144. The summed E-state index contributed by atoms with van der Waals surface area (Å²) in [5, 5.41) is 12.1. The summed E-state index contributed by atoms with van der Waals surface area (Å²) in [5.74, 6) is -2.24. The largest absolute Gasteiger partial charge is 0.478 e. The molecule has 1 aromatic heterocycles. The number of carboxylic acids is 1. The monoisotopic (exact) mass is 271 g/mol. The number of amides is 1. The molecule has 0 aliphatic carbocycles. The molecule has 18 heavy (non-hydrogen) atoms. The Morgan fingerprint density at radius 1 is 1.44 bits per heavy atom. The van der Waals surface area contributed by atoms with Crippen molar-refractivity contribution in [2.75, 3.05) is 5.75 Å². The molecule has 0 radical (unpaired) electrons. The minimum Gasteiger partial charge on any atom is -0.478 e. The lowest BCUT2D eigenvalue weighted by molar-refractivity contribution is 0.0695. The standard InChI is InChI=1S/C10H9NO6S/c12-9(8-3-6(4-17-8)10(13)14)11-7-1-2-18(15,16)5-7/h1-4,7H,5H2,(H,11,12)(H,13,14). The second-order valence-corrected chi connectivity index (χ2v) is 5.67. The van der Waals surface area contributed by atoms with E-state index in [1.807, 2.05) is 0 Å². The SMILES string of the molecule is O=C(O)c1coc(C(=O)NC2C=CS(=O)(=O)C2)c1. The van der Waals surface area contributed by atoms with Gasteiger partial charge in [0.2, 0.25) is 0 Å². The highest BCUT2D eigenvalue weighted by molar-refractivity contribution is 7.94. The lowest BCUT2D eigenvalue weighted by Crippen LogP contribution is -2.35. The van der Waals surface area contributed by atoms with Gasteiger partial charge in [0.1, 0.15) is 6.26 Å². The van der Waals surface area contributed by atoms with Gasteiger partial charge in [-0.1, -0.05) is 0 Å². The Bertz CT molecular complexity index is 627. The van der Waals surface area contributed by atoms with Gasteiger partial charge in [-0.25, -0.2) is 13.2 Å². The first-order valence-corrected chi connectivity index (χ1v) is 6.62. The van der Waals surface area contributed by atoms with Crippen LogP contribution < -0.4 is 5.32 Å². The average molecular weight is 271 g/mol. The van der Waals surface area contributed by atoms with Crippen molar-refractivity contribution in [1.82, 2.24) is 5.32 Å². The van der Waals surface area contributed by atoms with Crippen LogP contribution >= 0.6 is 0 Å². The fraction of sp³-hybridized carbons (Fsp3) is 0.200. The van der Waals surface area contributed by atoms with E-state index >= 15 is 0 Å². The number of sulfone groups is 1. The molecule has 0 aromatic carbocycles. The Kier molecular flexibility index (Phi) is 2.95. The zero-order chi connectivity index (χ0) is 13.3. The van der Waals surface area contributed by atoms with Crippen LogP contribution in [0.25, 0.3) is 0 Å². The van der Waals surface area contributed by atoms with Gasteiger partial charge in [0.15, 0.2) is 15.6 Å². The zero-order valence-electron chi connectivity index (χ0n) is 8.99. The molecule has 0 bridgehead atoms. The van der Waals surface area contributed by atoms with Gasteiger partial charge in [0.05, 0.1) is 17.4 Å². The molecule has 7 nitrogen and oxygen atoms in total. The number of aromatic carboxylic acids is 1. The minimum absolute atomic E-state index is 0.144. The van der Waals surface area contributed by atoms with Crippen LogP contribution in [0.3, 0.4) is 0 Å². The number of nitrogens with one attached hydrogen (secondary N) is 1. The van der Waals surface area contributed by atoms with Gasteiger partial charge in [0.25, 0.3) is 5.91 Å². The van der Waals surface area contributed by atoms with Crippen molar-refractivity contribution >= 4 is 21.7 Å². The molecule has 8 heteroatoms. The highest BCUT2D eigenvalue weighted by atomic mass is 32.2. The lowest BCUT2D eigenvalue weighted by atomic mass is 10.3. The maximum Gasteiger partial charge on any atom is 0.338 e. The number of hydrogen-bond donors (Lipinski definition) is 2. The maximum absolute atomic E-state index is 11.6. The first-order chi connectivity index (χ1) is 8.37. The van der Waals surface area contributed by atoms with Crippen LogP contribution in [0, 0.1) is 0 Å². The summed E-state index contributed by atoms with van der Waals surface area (Å²) in [6.45, 7) is 0. The Labute approximate surface area is 102 Å². The molecule has 0 fully saturated rings. The zero-order valence-corrected chi connectivity index (χ0v) is 9.81. The molecule has 1 atom stereocenters. The van der Waals surface area contributed by atoms with E-state index in [1.165, 1.54) is 6.08 Å². The van der Waals surface area contributed by atoms with E-state index < -0.39 is 27.8 Å². The van der Waals surface area contributed by atoms with Crippen LogP contribution in [0.1, 0.15) is 20.9 Å². The molecule has 1 aliphatic heterocycles. The van der Waals surface area contributed by atoms with E-state index in [1.54, 1.807) is 0 Å². The molecule has 1 unspecified atom stereocenters. The van der Waals surface area contributed by atoms with E-state index in [2.05, 4.69) is 5.32 Å². The number of furan rings is 1. The van der Waals surface area contributed by atoms with Crippen molar-refractivity contribution in [2.24, 2.45) is 0 Å². The average Bonchev–Trinajstić information content (AvgIpc) is 2.85. The van der Waals surface area contributed by atoms with Crippen molar-refractivity contribution in [3.63, 3.8) is 0 Å².